The molecular formula is C14H20OS2. The molecule has 0 amide bonds. The van der Waals surface area contributed by atoms with Gasteiger partial charge in [0.05, 0.1) is 6.10 Å². The lowest BCUT2D eigenvalue weighted by atomic mass is 9.89. The molecule has 0 radical (unpaired) electrons. The van der Waals surface area contributed by atoms with E-state index in [9.17, 15) is 0 Å². The van der Waals surface area contributed by atoms with E-state index >= 15 is 0 Å². The second-order valence-electron chi connectivity index (χ2n) is 5.04. The normalized spacial score (nSPS) is 24.1. The fraction of sp³-hybridized carbons (Fsp3) is 0.571. The molecule has 0 aromatic heterocycles. The van der Waals surface area contributed by atoms with E-state index < -0.39 is 0 Å². The molecule has 0 bridgehead atoms. The van der Waals surface area contributed by atoms with Crippen LogP contribution in [0, 0.1) is 5.92 Å². The molecule has 3 heteroatoms. The predicted octanol–water partition coefficient (Wildman–Crippen LogP) is 4.93. The summed E-state index contributed by atoms with van der Waals surface area (Å²) in [5.74, 6) is 1.10. The van der Waals surface area contributed by atoms with Gasteiger partial charge in [-0.05, 0) is 31.4 Å². The summed E-state index contributed by atoms with van der Waals surface area (Å²) < 4.78 is 6.06. The zero-order valence-electron chi connectivity index (χ0n) is 10.8. The summed E-state index contributed by atoms with van der Waals surface area (Å²) in [5.41, 5.74) is 1.73. The Morgan fingerprint density at radius 3 is 2.47 bits per heavy atom. The molecule has 0 N–H and O–H groups in total. The molecule has 1 heterocycles. The monoisotopic (exact) mass is 268 g/mol. The molecule has 0 fully saturated rings. The lowest BCUT2D eigenvalue weighted by Crippen LogP contribution is -2.27. The first-order chi connectivity index (χ1) is 8.09. The summed E-state index contributed by atoms with van der Waals surface area (Å²) in [6, 6.07) is 8.72. The molecule has 2 atom stereocenters. The van der Waals surface area contributed by atoms with Crippen molar-refractivity contribution in [3.05, 3.63) is 29.8 Å². The van der Waals surface area contributed by atoms with Crippen LogP contribution in [0.2, 0.25) is 0 Å². The van der Waals surface area contributed by atoms with Gasteiger partial charge in [0.2, 0.25) is 0 Å². The van der Waals surface area contributed by atoms with Crippen LogP contribution in [0.3, 0.4) is 0 Å². The zero-order valence-corrected chi connectivity index (χ0v) is 12.5. The first-order valence-electron chi connectivity index (χ1n) is 6.17. The van der Waals surface area contributed by atoms with Crippen molar-refractivity contribution < 1.29 is 4.74 Å². The largest absolute Gasteiger partial charge is 0.363 e. The maximum atomic E-state index is 6.06. The highest BCUT2D eigenvalue weighted by atomic mass is 33.1. The van der Waals surface area contributed by atoms with Gasteiger partial charge in [-0.2, -0.15) is 0 Å². The van der Waals surface area contributed by atoms with E-state index in [2.05, 4.69) is 52.0 Å². The maximum absolute atomic E-state index is 6.06. The van der Waals surface area contributed by atoms with Gasteiger partial charge in [-0.1, -0.05) is 53.6 Å². The number of ether oxygens (including phenoxy) is 1. The third-order valence-corrected chi connectivity index (χ3v) is 5.57. The first-order valence-corrected chi connectivity index (χ1v) is 8.38. The van der Waals surface area contributed by atoms with Crippen molar-refractivity contribution in [1.29, 1.82) is 0 Å². The molecule has 1 aliphatic heterocycles. The average molecular weight is 268 g/mol. The highest BCUT2D eigenvalue weighted by Crippen LogP contribution is 2.51. The van der Waals surface area contributed by atoms with Crippen LogP contribution in [0.25, 0.3) is 0 Å². The molecule has 94 valence electrons. The Kier molecular flexibility index (Phi) is 4.45. The van der Waals surface area contributed by atoms with E-state index in [4.69, 9.17) is 4.74 Å². The first kappa shape index (κ1) is 13.3. The number of benzene rings is 1. The minimum Gasteiger partial charge on any atom is -0.363 e. The lowest BCUT2D eigenvalue weighted by Gasteiger charge is -2.35. The molecule has 1 aromatic carbocycles. The zero-order chi connectivity index (χ0) is 12.4. The Balaban J connectivity index is 2.29. The van der Waals surface area contributed by atoms with Crippen LogP contribution in [0.4, 0.5) is 0 Å². The molecule has 0 spiro atoms. The van der Waals surface area contributed by atoms with Gasteiger partial charge < -0.3 is 4.74 Å². The molecule has 1 aromatic rings. The third-order valence-electron chi connectivity index (χ3n) is 2.93. The van der Waals surface area contributed by atoms with Crippen LogP contribution < -0.4 is 0 Å². The topological polar surface area (TPSA) is 9.23 Å². The number of hydrogen-bond acceptors (Lipinski definition) is 3. The van der Waals surface area contributed by atoms with Gasteiger partial charge in [0, 0.05) is 10.8 Å². The van der Waals surface area contributed by atoms with E-state index in [1.54, 1.807) is 0 Å². The SMILES string of the molecule is CC(C)OC1SSc2ccccc2C1C(C)C. The van der Waals surface area contributed by atoms with E-state index in [1.807, 2.05) is 21.6 Å². The standard InChI is InChI=1S/C14H20OS2/c1-9(2)13-11-7-5-6-8-12(11)16-17-14(13)15-10(3)4/h5-10,13-14H,1-4H3. The molecule has 1 nitrogen and oxygen atoms in total. The Labute approximate surface area is 112 Å². The summed E-state index contributed by atoms with van der Waals surface area (Å²) in [6.45, 7) is 8.80. The van der Waals surface area contributed by atoms with Gasteiger partial charge in [0.1, 0.15) is 5.44 Å². The van der Waals surface area contributed by atoms with Crippen LogP contribution in [-0.2, 0) is 4.74 Å². The summed E-state index contributed by atoms with van der Waals surface area (Å²) in [7, 11) is 3.72. The highest BCUT2D eigenvalue weighted by Gasteiger charge is 2.34. The van der Waals surface area contributed by atoms with Crippen LogP contribution in [0.15, 0.2) is 29.2 Å². The van der Waals surface area contributed by atoms with Gasteiger partial charge in [-0.3, -0.25) is 0 Å². The van der Waals surface area contributed by atoms with Crippen molar-refractivity contribution >= 4 is 21.6 Å². The van der Waals surface area contributed by atoms with Crippen molar-refractivity contribution in [3.63, 3.8) is 0 Å². The van der Waals surface area contributed by atoms with Crippen LogP contribution in [-0.4, -0.2) is 11.5 Å². The fourth-order valence-electron chi connectivity index (χ4n) is 2.19. The fourth-order valence-corrected chi connectivity index (χ4v) is 5.21. The van der Waals surface area contributed by atoms with Gasteiger partial charge >= 0.3 is 0 Å². The van der Waals surface area contributed by atoms with E-state index in [1.165, 1.54) is 10.5 Å². The van der Waals surface area contributed by atoms with E-state index in [0.29, 0.717) is 17.9 Å². The highest BCUT2D eigenvalue weighted by molar-refractivity contribution is 8.77. The number of rotatable bonds is 3. The summed E-state index contributed by atoms with van der Waals surface area (Å²) in [6.07, 6.45) is 0.291. The molecule has 17 heavy (non-hydrogen) atoms. The minimum atomic E-state index is 0.273. The predicted molar refractivity (Wildman–Crippen MR) is 77.5 cm³/mol. The average Bonchev–Trinajstić information content (AvgIpc) is 2.27. The second kappa shape index (κ2) is 5.68. The summed E-state index contributed by atoms with van der Waals surface area (Å²) in [4.78, 5) is 1.40. The van der Waals surface area contributed by atoms with Gasteiger partial charge in [0.25, 0.3) is 0 Å². The van der Waals surface area contributed by atoms with Crippen molar-refractivity contribution in [3.8, 4) is 0 Å². The van der Waals surface area contributed by atoms with Crippen molar-refractivity contribution in [2.75, 3.05) is 0 Å². The Morgan fingerprint density at radius 2 is 1.82 bits per heavy atom. The number of hydrogen-bond donors (Lipinski definition) is 0. The quantitative estimate of drug-likeness (QED) is 0.719. The molecule has 1 aliphatic rings. The van der Waals surface area contributed by atoms with Crippen molar-refractivity contribution in [2.24, 2.45) is 5.92 Å². The Hall–Kier alpha value is -0.120. The summed E-state index contributed by atoms with van der Waals surface area (Å²) >= 11 is 0. The number of fused-ring (bicyclic) bond motifs is 1. The molecule has 2 rings (SSSR count). The molecule has 0 aliphatic carbocycles. The van der Waals surface area contributed by atoms with Crippen LogP contribution in [0.1, 0.15) is 39.2 Å². The smallest absolute Gasteiger partial charge is 0.120 e. The van der Waals surface area contributed by atoms with Gasteiger partial charge in [0.15, 0.2) is 0 Å². The molecule has 0 saturated carbocycles. The minimum absolute atomic E-state index is 0.273. The Morgan fingerprint density at radius 1 is 1.12 bits per heavy atom. The maximum Gasteiger partial charge on any atom is 0.120 e. The Bertz CT molecular complexity index is 376. The third kappa shape index (κ3) is 3.01. The van der Waals surface area contributed by atoms with Crippen molar-refractivity contribution in [2.45, 2.75) is 50.0 Å². The molecular weight excluding hydrogens is 248 g/mol. The van der Waals surface area contributed by atoms with Crippen LogP contribution >= 0.6 is 21.6 Å². The second-order valence-corrected chi connectivity index (χ2v) is 7.38. The lowest BCUT2D eigenvalue weighted by molar-refractivity contribution is 0.0362. The van der Waals surface area contributed by atoms with E-state index in [-0.39, 0.29) is 5.44 Å². The van der Waals surface area contributed by atoms with Crippen LogP contribution in [0.5, 0.6) is 0 Å². The van der Waals surface area contributed by atoms with Gasteiger partial charge in [-0.15, -0.1) is 0 Å². The van der Waals surface area contributed by atoms with Crippen molar-refractivity contribution in [1.82, 2.24) is 0 Å². The molecule has 0 saturated heterocycles. The summed E-state index contributed by atoms with van der Waals surface area (Å²) in [5, 5.41) is 0. The van der Waals surface area contributed by atoms with E-state index in [0.717, 1.165) is 0 Å². The van der Waals surface area contributed by atoms with Gasteiger partial charge in [-0.25, -0.2) is 0 Å². The molecule has 2 unspecified atom stereocenters.